The van der Waals surface area contributed by atoms with Crippen LogP contribution in [0.3, 0.4) is 0 Å². The Morgan fingerprint density at radius 1 is 0.862 bits per heavy atom. The van der Waals surface area contributed by atoms with Crippen LogP contribution in [0.15, 0.2) is 73.2 Å². The van der Waals surface area contributed by atoms with Crippen LogP contribution in [0.25, 0.3) is 5.69 Å². The third-order valence-corrected chi connectivity index (χ3v) is 6.05. The van der Waals surface area contributed by atoms with E-state index in [1.165, 1.54) is 22.5 Å². The first kappa shape index (κ1) is 16.4. The quantitative estimate of drug-likeness (QED) is 0.427. The normalized spacial score (nSPS) is 16.7. The fourth-order valence-electron chi connectivity index (χ4n) is 4.81. The van der Waals surface area contributed by atoms with E-state index in [4.69, 9.17) is 4.98 Å². The molecule has 0 amide bonds. The minimum Gasteiger partial charge on any atom is -0.317 e. The van der Waals surface area contributed by atoms with E-state index in [0.717, 1.165) is 29.4 Å². The van der Waals surface area contributed by atoms with Crippen LogP contribution in [0.1, 0.15) is 23.9 Å². The Hall–Kier alpha value is -3.60. The molecule has 6 rings (SSSR count). The lowest BCUT2D eigenvalue weighted by atomic mass is 10.0. The third-order valence-electron chi connectivity index (χ3n) is 6.05. The van der Waals surface area contributed by atoms with Gasteiger partial charge in [0.05, 0.1) is 17.1 Å². The van der Waals surface area contributed by atoms with Crippen LogP contribution in [0.5, 0.6) is 0 Å². The molecule has 5 nitrogen and oxygen atoms in total. The molecule has 2 aromatic carbocycles. The second-order valence-electron chi connectivity index (χ2n) is 7.67. The van der Waals surface area contributed by atoms with E-state index in [2.05, 4.69) is 87.9 Å². The number of anilines is 4. The highest BCUT2D eigenvalue weighted by molar-refractivity contribution is 5.88. The Labute approximate surface area is 169 Å². The minimum absolute atomic E-state index is 0.112. The van der Waals surface area contributed by atoms with Crippen LogP contribution < -0.4 is 9.80 Å². The van der Waals surface area contributed by atoms with Crippen molar-refractivity contribution in [2.24, 2.45) is 0 Å². The molecule has 5 heteroatoms. The molecule has 0 bridgehead atoms. The van der Waals surface area contributed by atoms with Crippen molar-refractivity contribution in [1.82, 2.24) is 14.5 Å². The van der Waals surface area contributed by atoms with Gasteiger partial charge in [0.1, 0.15) is 12.0 Å². The molecular formula is C24H21N5. The zero-order valence-electron chi connectivity index (χ0n) is 16.4. The maximum atomic E-state index is 4.76. The van der Waals surface area contributed by atoms with Crippen molar-refractivity contribution >= 4 is 22.9 Å². The second-order valence-corrected chi connectivity index (χ2v) is 7.67. The van der Waals surface area contributed by atoms with Gasteiger partial charge in [-0.1, -0.05) is 24.3 Å². The van der Waals surface area contributed by atoms with Crippen LogP contribution >= 0.6 is 0 Å². The summed E-state index contributed by atoms with van der Waals surface area (Å²) >= 11 is 0. The lowest BCUT2D eigenvalue weighted by Crippen LogP contribution is -2.36. The van der Waals surface area contributed by atoms with E-state index in [-0.39, 0.29) is 6.17 Å². The summed E-state index contributed by atoms with van der Waals surface area (Å²) in [5.74, 6) is 2.10. The van der Waals surface area contributed by atoms with Crippen molar-refractivity contribution in [2.75, 3.05) is 9.80 Å². The highest BCUT2D eigenvalue weighted by Gasteiger charge is 2.38. The lowest BCUT2D eigenvalue weighted by molar-refractivity contribution is 0.753. The number of aromatic nitrogens is 3. The summed E-state index contributed by atoms with van der Waals surface area (Å²) < 4.78 is 2.21. The fraction of sp³-hybridized carbons (Fsp3) is 0.167. The molecule has 4 aromatic rings. The van der Waals surface area contributed by atoms with E-state index in [9.17, 15) is 0 Å². The molecule has 0 aliphatic carbocycles. The minimum atomic E-state index is 0.112. The van der Waals surface area contributed by atoms with E-state index < -0.39 is 0 Å². The van der Waals surface area contributed by atoms with E-state index >= 15 is 0 Å². The Morgan fingerprint density at radius 3 is 2.59 bits per heavy atom. The van der Waals surface area contributed by atoms with Crippen LogP contribution in [-0.4, -0.2) is 20.7 Å². The summed E-state index contributed by atoms with van der Waals surface area (Å²) in [7, 11) is 0. The SMILES string of the molecule is Cc1ccc2c(c1N1c3cccnc3N(c3ccccc3)[C@@H]1C)Cc1nccn1-2. The van der Waals surface area contributed by atoms with Crippen molar-refractivity contribution in [2.45, 2.75) is 26.4 Å². The second kappa shape index (κ2) is 5.95. The van der Waals surface area contributed by atoms with Gasteiger partial charge in [0.15, 0.2) is 5.82 Å². The molecule has 2 aliphatic heterocycles. The van der Waals surface area contributed by atoms with Gasteiger partial charge in [-0.2, -0.15) is 0 Å². The highest BCUT2D eigenvalue weighted by atomic mass is 15.4. The van der Waals surface area contributed by atoms with Gasteiger partial charge < -0.3 is 14.4 Å². The molecule has 1 atom stereocenters. The third kappa shape index (κ3) is 2.21. The predicted octanol–water partition coefficient (Wildman–Crippen LogP) is 5.12. The number of nitrogens with zero attached hydrogens (tertiary/aromatic N) is 5. The van der Waals surface area contributed by atoms with Crippen molar-refractivity contribution in [3.8, 4) is 5.69 Å². The largest absolute Gasteiger partial charge is 0.317 e. The maximum Gasteiger partial charge on any atom is 0.158 e. The summed E-state index contributed by atoms with van der Waals surface area (Å²) in [6.45, 7) is 4.45. The van der Waals surface area contributed by atoms with E-state index in [1.807, 2.05) is 18.5 Å². The number of hydrogen-bond donors (Lipinski definition) is 0. The molecular weight excluding hydrogens is 358 g/mol. The summed E-state index contributed by atoms with van der Waals surface area (Å²) in [5.41, 5.74) is 7.41. The Bertz CT molecular complexity index is 1230. The number of hydrogen-bond acceptors (Lipinski definition) is 4. The monoisotopic (exact) mass is 379 g/mol. The van der Waals surface area contributed by atoms with Crippen molar-refractivity contribution in [3.63, 3.8) is 0 Å². The van der Waals surface area contributed by atoms with E-state index in [0.29, 0.717) is 0 Å². The topological polar surface area (TPSA) is 37.2 Å². The Kier molecular flexibility index (Phi) is 3.36. The van der Waals surface area contributed by atoms with Gasteiger partial charge >= 0.3 is 0 Å². The number of aryl methyl sites for hydroxylation is 1. The summed E-state index contributed by atoms with van der Waals surface area (Å²) in [4.78, 5) is 14.1. The van der Waals surface area contributed by atoms with Gasteiger partial charge in [-0.3, -0.25) is 0 Å². The number of rotatable bonds is 2. The van der Waals surface area contributed by atoms with Crippen LogP contribution in [0.4, 0.5) is 22.9 Å². The molecule has 0 fully saturated rings. The van der Waals surface area contributed by atoms with Crippen molar-refractivity contribution < 1.29 is 0 Å². The van der Waals surface area contributed by atoms with Gasteiger partial charge in [0.25, 0.3) is 0 Å². The number of fused-ring (bicyclic) bond motifs is 4. The molecule has 2 aliphatic rings. The molecule has 0 unspecified atom stereocenters. The lowest BCUT2D eigenvalue weighted by Gasteiger charge is -2.32. The van der Waals surface area contributed by atoms with Gasteiger partial charge in [-0.05, 0) is 49.7 Å². The molecule has 0 radical (unpaired) electrons. The van der Waals surface area contributed by atoms with Gasteiger partial charge in [-0.25, -0.2) is 9.97 Å². The summed E-state index contributed by atoms with van der Waals surface area (Å²) in [5, 5.41) is 0. The van der Waals surface area contributed by atoms with Crippen LogP contribution in [0.2, 0.25) is 0 Å². The number of pyridine rings is 1. The average molecular weight is 379 g/mol. The standard InChI is InChI=1S/C24H21N5/c1-16-10-11-20-19(15-22-25-13-14-27(20)22)23(16)29-17(2)28(18-7-4-3-5-8-18)24-21(29)9-6-12-26-24/h3-14,17H,15H2,1-2H3/t17-/m0/s1. The fourth-order valence-corrected chi connectivity index (χ4v) is 4.81. The number of para-hydroxylation sites is 1. The van der Waals surface area contributed by atoms with Crippen molar-refractivity contribution in [1.29, 1.82) is 0 Å². The molecule has 0 spiro atoms. The molecule has 2 aromatic heterocycles. The first-order chi connectivity index (χ1) is 14.2. The first-order valence-electron chi connectivity index (χ1n) is 9.97. The summed E-state index contributed by atoms with van der Waals surface area (Å²) in [6, 6.07) is 19.1. The maximum absolute atomic E-state index is 4.76. The van der Waals surface area contributed by atoms with Gasteiger partial charge in [-0.15, -0.1) is 0 Å². The first-order valence-corrected chi connectivity index (χ1v) is 9.97. The van der Waals surface area contributed by atoms with Crippen LogP contribution in [0, 0.1) is 6.92 Å². The molecule has 29 heavy (non-hydrogen) atoms. The Balaban J connectivity index is 1.56. The predicted molar refractivity (Wildman–Crippen MR) is 116 cm³/mol. The Morgan fingerprint density at radius 2 is 1.72 bits per heavy atom. The van der Waals surface area contributed by atoms with E-state index in [1.54, 1.807) is 0 Å². The molecule has 0 N–H and O–H groups in total. The number of benzene rings is 2. The molecule has 4 heterocycles. The zero-order valence-corrected chi connectivity index (χ0v) is 16.4. The summed E-state index contributed by atoms with van der Waals surface area (Å²) in [6.07, 6.45) is 6.78. The smallest absolute Gasteiger partial charge is 0.158 e. The van der Waals surface area contributed by atoms with Crippen LogP contribution in [-0.2, 0) is 6.42 Å². The highest BCUT2D eigenvalue weighted by Crippen LogP contribution is 2.49. The molecule has 142 valence electrons. The molecule has 0 saturated heterocycles. The van der Waals surface area contributed by atoms with Gasteiger partial charge in [0, 0.05) is 36.3 Å². The van der Waals surface area contributed by atoms with Crippen molar-refractivity contribution in [3.05, 3.63) is 90.1 Å². The number of imidazole rings is 1. The molecule has 0 saturated carbocycles. The van der Waals surface area contributed by atoms with Gasteiger partial charge in [0.2, 0.25) is 0 Å². The average Bonchev–Trinajstić information content (AvgIpc) is 3.40. The zero-order chi connectivity index (χ0) is 19.5.